The predicted molar refractivity (Wildman–Crippen MR) is 130 cm³/mol. The molecule has 0 aromatic rings. The zero-order valence-corrected chi connectivity index (χ0v) is 21.1. The molecule has 1 saturated carbocycles. The van der Waals surface area contributed by atoms with Crippen molar-refractivity contribution < 1.29 is 19.1 Å². The monoisotopic (exact) mass is 464 g/mol. The molecule has 1 heterocycles. The van der Waals surface area contributed by atoms with Crippen LogP contribution in [0.5, 0.6) is 0 Å². The van der Waals surface area contributed by atoms with Crippen LogP contribution in [0.2, 0.25) is 0 Å². The van der Waals surface area contributed by atoms with E-state index in [4.69, 9.17) is 4.74 Å². The molecule has 188 valence electrons. The maximum atomic E-state index is 13.2. The van der Waals surface area contributed by atoms with Crippen molar-refractivity contribution in [2.24, 2.45) is 11.8 Å². The highest BCUT2D eigenvalue weighted by Gasteiger charge is 2.38. The average molecular weight is 465 g/mol. The normalized spacial score (nSPS) is 26.2. The molecule has 5 atom stereocenters. The first-order valence-electron chi connectivity index (χ1n) is 12.4. The lowest BCUT2D eigenvalue weighted by atomic mass is 9.97. The van der Waals surface area contributed by atoms with Crippen LogP contribution in [0.1, 0.15) is 66.7 Å². The van der Waals surface area contributed by atoms with E-state index in [1.165, 1.54) is 12.5 Å². The number of rotatable bonds is 11. The molecule has 33 heavy (non-hydrogen) atoms. The topological polar surface area (TPSA) is 99.8 Å². The Morgan fingerprint density at radius 1 is 1.21 bits per heavy atom. The van der Waals surface area contributed by atoms with Crippen LogP contribution in [0.25, 0.3) is 0 Å². The molecule has 3 amide bonds. The minimum Gasteiger partial charge on any atom is -0.370 e. The molecule has 0 radical (unpaired) electrons. The fraction of sp³-hybridized carbons (Fsp3) is 0.800. The number of ether oxygens (including phenoxy) is 1. The molecule has 0 aromatic heterocycles. The first-order chi connectivity index (χ1) is 15.5. The molecule has 1 aliphatic carbocycles. The largest absolute Gasteiger partial charge is 0.370 e. The zero-order valence-electron chi connectivity index (χ0n) is 21.1. The fourth-order valence-electron chi connectivity index (χ4n) is 4.79. The van der Waals surface area contributed by atoms with E-state index >= 15 is 0 Å². The summed E-state index contributed by atoms with van der Waals surface area (Å²) in [5, 5.41) is 8.78. The van der Waals surface area contributed by atoms with Gasteiger partial charge in [0.15, 0.2) is 5.78 Å². The lowest BCUT2D eigenvalue weighted by Crippen LogP contribution is -2.55. The molecule has 0 bridgehead atoms. The van der Waals surface area contributed by atoms with Gasteiger partial charge in [-0.15, -0.1) is 6.58 Å². The van der Waals surface area contributed by atoms with Crippen molar-refractivity contribution in [3.63, 3.8) is 0 Å². The van der Waals surface area contributed by atoms with Crippen LogP contribution >= 0.6 is 0 Å². The number of nitrogens with one attached hydrogen (secondary N) is 3. The van der Waals surface area contributed by atoms with Gasteiger partial charge in [0.25, 0.3) is 0 Å². The third-order valence-electron chi connectivity index (χ3n) is 6.57. The number of urea groups is 1. The summed E-state index contributed by atoms with van der Waals surface area (Å²) in [4.78, 5) is 39.6. The van der Waals surface area contributed by atoms with Crippen LogP contribution < -0.4 is 16.0 Å². The zero-order chi connectivity index (χ0) is 24.6. The molecular weight excluding hydrogens is 420 g/mol. The van der Waals surface area contributed by atoms with Gasteiger partial charge in [-0.05, 0) is 58.3 Å². The second kappa shape index (κ2) is 12.5. The van der Waals surface area contributed by atoms with Gasteiger partial charge in [0, 0.05) is 24.7 Å². The minimum absolute atomic E-state index is 0.0261. The molecule has 5 unspecified atom stereocenters. The van der Waals surface area contributed by atoms with Crippen LogP contribution in [-0.2, 0) is 14.3 Å². The van der Waals surface area contributed by atoms with Crippen LogP contribution in [0.4, 0.5) is 4.79 Å². The molecule has 3 N–H and O–H groups in total. The van der Waals surface area contributed by atoms with Gasteiger partial charge >= 0.3 is 6.03 Å². The number of carbonyl (C=O) groups excluding carboxylic acids is 3. The minimum atomic E-state index is -0.797. The summed E-state index contributed by atoms with van der Waals surface area (Å²) in [6, 6.07) is -1.22. The van der Waals surface area contributed by atoms with E-state index in [2.05, 4.69) is 36.4 Å². The number of carbonyl (C=O) groups is 3. The summed E-state index contributed by atoms with van der Waals surface area (Å²) < 4.78 is 5.77. The van der Waals surface area contributed by atoms with E-state index < -0.39 is 17.6 Å². The summed E-state index contributed by atoms with van der Waals surface area (Å²) in [5.74, 6) is 0.889. The van der Waals surface area contributed by atoms with Crippen molar-refractivity contribution in [1.82, 2.24) is 20.9 Å². The maximum absolute atomic E-state index is 13.2. The Bertz CT molecular complexity index is 690. The van der Waals surface area contributed by atoms with E-state index in [1.54, 1.807) is 0 Å². The third kappa shape index (κ3) is 8.74. The van der Waals surface area contributed by atoms with Crippen LogP contribution in [0.3, 0.4) is 0 Å². The molecule has 2 aliphatic rings. The quantitative estimate of drug-likeness (QED) is 0.408. The Labute approximate surface area is 199 Å². The molecule has 2 rings (SSSR count). The predicted octanol–water partition coefficient (Wildman–Crippen LogP) is 2.63. The number of likely N-dealkylation sites (tertiary alicyclic amines) is 1. The smallest absolute Gasteiger partial charge is 0.316 e. The molecule has 0 aromatic carbocycles. The van der Waals surface area contributed by atoms with Gasteiger partial charge in [0.2, 0.25) is 5.91 Å². The van der Waals surface area contributed by atoms with E-state index in [9.17, 15) is 14.4 Å². The van der Waals surface area contributed by atoms with Crippen molar-refractivity contribution in [3.8, 4) is 0 Å². The Hall–Kier alpha value is -1.93. The van der Waals surface area contributed by atoms with E-state index in [0.29, 0.717) is 24.9 Å². The number of Topliss-reactive ketones (excluding diaryl/α,β-unsaturated/α-hetero) is 1. The summed E-state index contributed by atoms with van der Waals surface area (Å²) in [6.07, 6.45) is 6.76. The van der Waals surface area contributed by atoms with Gasteiger partial charge in [-0.1, -0.05) is 26.3 Å². The lowest BCUT2D eigenvalue weighted by molar-refractivity contribution is -0.133. The Balaban J connectivity index is 1.86. The molecule has 1 aliphatic heterocycles. The van der Waals surface area contributed by atoms with Gasteiger partial charge in [0.1, 0.15) is 12.6 Å². The number of nitrogens with zero attached hydrogens (tertiary/aromatic N) is 1. The Morgan fingerprint density at radius 3 is 2.52 bits per heavy atom. The second-order valence-electron chi connectivity index (χ2n) is 10.6. The van der Waals surface area contributed by atoms with E-state index in [-0.39, 0.29) is 37.0 Å². The molecular formula is C25H44N4O4. The van der Waals surface area contributed by atoms with Gasteiger partial charge < -0.3 is 25.6 Å². The van der Waals surface area contributed by atoms with Crippen molar-refractivity contribution in [2.75, 3.05) is 26.2 Å². The van der Waals surface area contributed by atoms with Crippen molar-refractivity contribution in [1.29, 1.82) is 0 Å². The Morgan fingerprint density at radius 2 is 1.94 bits per heavy atom. The van der Waals surface area contributed by atoms with Crippen molar-refractivity contribution in [2.45, 2.75) is 90.4 Å². The van der Waals surface area contributed by atoms with Crippen LogP contribution in [0, 0.1) is 11.8 Å². The molecule has 0 spiro atoms. The molecule has 1 saturated heterocycles. The number of ketones is 1. The number of hydrogen-bond donors (Lipinski definition) is 3. The van der Waals surface area contributed by atoms with Gasteiger partial charge in [-0.2, -0.15) is 0 Å². The fourth-order valence-corrected chi connectivity index (χ4v) is 4.79. The van der Waals surface area contributed by atoms with E-state index in [0.717, 1.165) is 25.7 Å². The van der Waals surface area contributed by atoms with Gasteiger partial charge in [0.05, 0.1) is 12.6 Å². The van der Waals surface area contributed by atoms with Gasteiger partial charge in [-0.25, -0.2) is 4.79 Å². The second-order valence-corrected chi connectivity index (χ2v) is 10.6. The van der Waals surface area contributed by atoms with Crippen LogP contribution in [-0.4, -0.2) is 72.6 Å². The van der Waals surface area contributed by atoms with Crippen LogP contribution in [0.15, 0.2) is 12.7 Å². The molecule has 8 nitrogen and oxygen atoms in total. The first kappa shape index (κ1) is 27.3. The van der Waals surface area contributed by atoms with Crippen molar-refractivity contribution in [3.05, 3.63) is 12.7 Å². The number of hydrogen-bond acceptors (Lipinski definition) is 5. The Kier molecular flexibility index (Phi) is 10.4. The molecule has 8 heteroatoms. The van der Waals surface area contributed by atoms with E-state index in [1.807, 2.05) is 25.7 Å². The highest BCUT2D eigenvalue weighted by molar-refractivity contribution is 5.89. The third-order valence-corrected chi connectivity index (χ3v) is 6.57. The summed E-state index contributed by atoms with van der Waals surface area (Å²) in [7, 11) is 0. The summed E-state index contributed by atoms with van der Waals surface area (Å²) >= 11 is 0. The first-order valence-corrected chi connectivity index (χ1v) is 12.4. The highest BCUT2D eigenvalue weighted by atomic mass is 16.5. The standard InChI is InChI=1S/C25H44N4O4/c1-7-18-11-12-29(23(31)21(8-2)27-24(32)28-25(4,5)6)22(18)15-26-14-19(30)16-33-20-10-9-17(3)13-20/h8,17-18,20-22,26H,2,7,9-16H2,1,3-6H3,(H2,27,28,32). The summed E-state index contributed by atoms with van der Waals surface area (Å²) in [5.41, 5.74) is -0.404. The maximum Gasteiger partial charge on any atom is 0.316 e. The SMILES string of the molecule is C=CC(NC(=O)NC(C)(C)C)C(=O)N1CCC(CC)C1CNCC(=O)COC1CCC(C)C1. The number of amides is 3. The molecule has 2 fully saturated rings. The summed E-state index contributed by atoms with van der Waals surface area (Å²) in [6.45, 7) is 15.3. The van der Waals surface area contributed by atoms with Crippen molar-refractivity contribution >= 4 is 17.7 Å². The van der Waals surface area contributed by atoms with Gasteiger partial charge in [-0.3, -0.25) is 9.59 Å². The lowest BCUT2D eigenvalue weighted by Gasteiger charge is -2.31. The highest BCUT2D eigenvalue weighted by Crippen LogP contribution is 2.28. The average Bonchev–Trinajstić information content (AvgIpc) is 3.34.